The van der Waals surface area contributed by atoms with Crippen molar-refractivity contribution in [3.05, 3.63) is 41.5 Å². The van der Waals surface area contributed by atoms with Crippen molar-refractivity contribution in [3.8, 4) is 11.1 Å². The second-order valence-electron chi connectivity index (χ2n) is 6.45. The van der Waals surface area contributed by atoms with Gasteiger partial charge in [-0.05, 0) is 46.5 Å². The molecule has 0 saturated heterocycles. The van der Waals surface area contributed by atoms with Gasteiger partial charge in [-0.25, -0.2) is 0 Å². The molecule has 0 aliphatic carbocycles. The maximum absolute atomic E-state index is 12.1. The summed E-state index contributed by atoms with van der Waals surface area (Å²) in [6, 6.07) is 3.89. The topological polar surface area (TPSA) is 64.1 Å². The Labute approximate surface area is 144 Å². The van der Waals surface area contributed by atoms with Crippen LogP contribution in [-0.2, 0) is 13.0 Å². The van der Waals surface area contributed by atoms with E-state index in [0.717, 1.165) is 49.2 Å². The van der Waals surface area contributed by atoms with Crippen molar-refractivity contribution in [1.29, 1.82) is 0 Å². The van der Waals surface area contributed by atoms with Gasteiger partial charge in [0.25, 0.3) is 5.91 Å². The summed E-state index contributed by atoms with van der Waals surface area (Å²) in [5, 5.41) is 0. The first-order valence-electron chi connectivity index (χ1n) is 8.54. The first-order valence-corrected chi connectivity index (χ1v) is 8.54. The molecule has 0 bridgehead atoms. The zero-order valence-corrected chi connectivity index (χ0v) is 15.2. The van der Waals surface area contributed by atoms with Crippen molar-refractivity contribution in [2.45, 2.75) is 39.7 Å². The Bertz CT molecular complexity index is 689. The highest BCUT2D eigenvalue weighted by Gasteiger charge is 2.24. The lowest BCUT2D eigenvalue weighted by atomic mass is 9.99. The van der Waals surface area contributed by atoms with Crippen LogP contribution in [0.25, 0.3) is 11.1 Å². The number of carbonyl (C=O) groups is 1. The Morgan fingerprint density at radius 2 is 2.12 bits per heavy atom. The van der Waals surface area contributed by atoms with E-state index in [2.05, 4.69) is 35.5 Å². The molecule has 0 aliphatic rings. The summed E-state index contributed by atoms with van der Waals surface area (Å²) in [7, 11) is 4.15. The lowest BCUT2D eigenvalue weighted by molar-refractivity contribution is 0.1000. The summed E-state index contributed by atoms with van der Waals surface area (Å²) < 4.78 is 2.27. The fourth-order valence-corrected chi connectivity index (χ4v) is 3.27. The summed E-state index contributed by atoms with van der Waals surface area (Å²) >= 11 is 0. The van der Waals surface area contributed by atoms with E-state index in [4.69, 9.17) is 5.73 Å². The van der Waals surface area contributed by atoms with Gasteiger partial charge >= 0.3 is 0 Å². The minimum absolute atomic E-state index is 0.366. The molecular formula is C19H28N4O. The zero-order chi connectivity index (χ0) is 17.7. The predicted molar refractivity (Wildman–Crippen MR) is 98.1 cm³/mol. The van der Waals surface area contributed by atoms with Crippen LogP contribution >= 0.6 is 0 Å². The molecule has 5 heteroatoms. The number of hydrogen-bond donors (Lipinski definition) is 1. The molecule has 0 aromatic carbocycles. The van der Waals surface area contributed by atoms with Crippen molar-refractivity contribution >= 4 is 5.91 Å². The average molecular weight is 328 g/mol. The Balaban J connectivity index is 2.56. The lowest BCUT2D eigenvalue weighted by Crippen LogP contribution is -2.17. The van der Waals surface area contributed by atoms with Crippen LogP contribution in [0.15, 0.2) is 24.5 Å². The van der Waals surface area contributed by atoms with Crippen LogP contribution in [0.3, 0.4) is 0 Å². The van der Waals surface area contributed by atoms with Gasteiger partial charge in [0.1, 0.15) is 0 Å². The number of nitrogens with zero attached hydrogens (tertiary/aromatic N) is 3. The van der Waals surface area contributed by atoms with Crippen LogP contribution in [0.4, 0.5) is 0 Å². The average Bonchev–Trinajstić information content (AvgIpc) is 2.81. The molecule has 2 aromatic heterocycles. The Morgan fingerprint density at radius 3 is 2.67 bits per heavy atom. The van der Waals surface area contributed by atoms with Crippen molar-refractivity contribution in [2.75, 3.05) is 20.6 Å². The first-order chi connectivity index (χ1) is 11.5. The fraction of sp³-hybridized carbons (Fsp3) is 0.474. The number of aromatic nitrogens is 2. The van der Waals surface area contributed by atoms with E-state index in [1.807, 2.05) is 25.3 Å². The monoisotopic (exact) mass is 328 g/mol. The van der Waals surface area contributed by atoms with Gasteiger partial charge in [-0.3, -0.25) is 9.78 Å². The molecule has 2 heterocycles. The second kappa shape index (κ2) is 8.11. The molecule has 0 atom stereocenters. The van der Waals surface area contributed by atoms with Gasteiger partial charge in [0, 0.05) is 41.5 Å². The molecule has 0 fully saturated rings. The van der Waals surface area contributed by atoms with Crippen LogP contribution in [0, 0.1) is 6.92 Å². The Hall–Kier alpha value is -2.14. The van der Waals surface area contributed by atoms with Crippen molar-refractivity contribution in [3.63, 3.8) is 0 Å². The van der Waals surface area contributed by atoms with Crippen LogP contribution < -0.4 is 5.73 Å². The highest BCUT2D eigenvalue weighted by molar-refractivity contribution is 6.02. The smallest absolute Gasteiger partial charge is 0.251 e. The first kappa shape index (κ1) is 18.2. The molecule has 0 unspecified atom stereocenters. The number of hydrogen-bond acceptors (Lipinski definition) is 3. The van der Waals surface area contributed by atoms with E-state index in [0.29, 0.717) is 5.56 Å². The third-order valence-electron chi connectivity index (χ3n) is 4.30. The highest BCUT2D eigenvalue weighted by atomic mass is 16.1. The molecule has 0 spiro atoms. The molecular weight excluding hydrogens is 300 g/mol. The molecule has 2 N–H and O–H groups in total. The van der Waals surface area contributed by atoms with Gasteiger partial charge in [-0.1, -0.05) is 19.4 Å². The maximum atomic E-state index is 12.1. The SMILES string of the molecule is CCCc1c(-c2cccnc2)c(C(N)=O)c(C)n1CCCN(C)C. The number of carbonyl (C=O) groups excluding carboxylic acids is 1. The molecule has 24 heavy (non-hydrogen) atoms. The number of nitrogens with two attached hydrogens (primary N) is 1. The number of primary amides is 1. The van der Waals surface area contributed by atoms with Crippen LogP contribution in [0.1, 0.15) is 41.5 Å². The largest absolute Gasteiger partial charge is 0.366 e. The summed E-state index contributed by atoms with van der Waals surface area (Å²) in [6.07, 6.45) is 6.52. The highest BCUT2D eigenvalue weighted by Crippen LogP contribution is 2.33. The van der Waals surface area contributed by atoms with Crippen LogP contribution in [0.5, 0.6) is 0 Å². The number of rotatable bonds is 8. The molecule has 0 radical (unpaired) electrons. The lowest BCUT2D eigenvalue weighted by Gasteiger charge is -2.14. The van der Waals surface area contributed by atoms with Gasteiger partial charge in [-0.2, -0.15) is 0 Å². The maximum Gasteiger partial charge on any atom is 0.251 e. The van der Waals surface area contributed by atoms with Crippen LogP contribution in [0.2, 0.25) is 0 Å². The summed E-state index contributed by atoms with van der Waals surface area (Å²) in [4.78, 5) is 18.5. The summed E-state index contributed by atoms with van der Waals surface area (Å²) in [6.45, 7) is 6.05. The molecule has 0 aliphatic heterocycles. The van der Waals surface area contributed by atoms with E-state index < -0.39 is 0 Å². The van der Waals surface area contributed by atoms with E-state index in [1.165, 1.54) is 5.69 Å². The molecule has 130 valence electrons. The predicted octanol–water partition coefficient (Wildman–Crippen LogP) is 2.86. The van der Waals surface area contributed by atoms with Gasteiger partial charge in [0.15, 0.2) is 0 Å². The molecule has 5 nitrogen and oxygen atoms in total. The fourth-order valence-electron chi connectivity index (χ4n) is 3.27. The van der Waals surface area contributed by atoms with Crippen molar-refractivity contribution in [1.82, 2.24) is 14.5 Å². The molecule has 1 amide bonds. The van der Waals surface area contributed by atoms with Crippen LogP contribution in [-0.4, -0.2) is 41.0 Å². The minimum Gasteiger partial charge on any atom is -0.366 e. The number of amides is 1. The Kier molecular flexibility index (Phi) is 6.15. The third kappa shape index (κ3) is 3.85. The second-order valence-corrected chi connectivity index (χ2v) is 6.45. The van der Waals surface area contributed by atoms with Gasteiger partial charge in [0.05, 0.1) is 5.56 Å². The summed E-state index contributed by atoms with van der Waals surface area (Å²) in [5.74, 6) is -0.366. The van der Waals surface area contributed by atoms with Gasteiger partial charge < -0.3 is 15.2 Å². The molecule has 0 saturated carbocycles. The standard InChI is InChI=1S/C19H28N4O/c1-5-8-16-18(15-9-6-10-21-13-15)17(19(20)24)14(2)23(16)12-7-11-22(3)4/h6,9-10,13H,5,7-8,11-12H2,1-4H3,(H2,20,24). The van der Waals surface area contributed by atoms with Gasteiger partial charge in [0.2, 0.25) is 0 Å². The van der Waals surface area contributed by atoms with E-state index in [-0.39, 0.29) is 5.91 Å². The number of pyridine rings is 1. The molecule has 2 rings (SSSR count). The molecule has 2 aromatic rings. The zero-order valence-electron chi connectivity index (χ0n) is 15.2. The normalized spacial score (nSPS) is 11.2. The third-order valence-corrected chi connectivity index (χ3v) is 4.30. The van der Waals surface area contributed by atoms with E-state index in [9.17, 15) is 4.79 Å². The Morgan fingerprint density at radius 1 is 1.38 bits per heavy atom. The van der Waals surface area contributed by atoms with Gasteiger partial charge in [-0.15, -0.1) is 0 Å². The van der Waals surface area contributed by atoms with E-state index in [1.54, 1.807) is 6.20 Å². The van der Waals surface area contributed by atoms with Crippen molar-refractivity contribution in [2.24, 2.45) is 5.73 Å². The van der Waals surface area contributed by atoms with Crippen molar-refractivity contribution < 1.29 is 4.79 Å². The quantitative estimate of drug-likeness (QED) is 0.810. The summed E-state index contributed by atoms with van der Waals surface area (Å²) in [5.41, 5.74) is 10.4. The van der Waals surface area contributed by atoms with E-state index >= 15 is 0 Å². The minimum atomic E-state index is -0.366.